The number of ether oxygens (including phenoxy) is 1. The van der Waals surface area contributed by atoms with Crippen molar-refractivity contribution in [3.8, 4) is 5.75 Å². The second-order valence-electron chi connectivity index (χ2n) is 3.82. The average molecular weight is 235 g/mol. The van der Waals surface area contributed by atoms with Gasteiger partial charge in [-0.1, -0.05) is 12.1 Å². The number of rotatable bonds is 2. The Morgan fingerprint density at radius 2 is 2.24 bits per heavy atom. The quantitative estimate of drug-likeness (QED) is 0.601. The Morgan fingerprint density at radius 3 is 2.88 bits per heavy atom. The number of hydrogen-bond donors (Lipinski definition) is 2. The fourth-order valence-corrected chi connectivity index (χ4v) is 1.55. The van der Waals surface area contributed by atoms with Crippen LogP contribution in [0.5, 0.6) is 5.75 Å². The monoisotopic (exact) mass is 235 g/mol. The SMILES string of the molecule is CC1=CC(Oc2ccccc2F)=NCC1NN. The van der Waals surface area contributed by atoms with Crippen LogP contribution in [0.4, 0.5) is 4.39 Å². The van der Waals surface area contributed by atoms with Crippen LogP contribution in [0, 0.1) is 5.82 Å². The molecule has 2 rings (SSSR count). The highest BCUT2D eigenvalue weighted by Crippen LogP contribution is 2.17. The van der Waals surface area contributed by atoms with Gasteiger partial charge in [0.25, 0.3) is 0 Å². The second kappa shape index (κ2) is 5.07. The lowest BCUT2D eigenvalue weighted by Crippen LogP contribution is -2.40. The number of hydrazine groups is 1. The van der Waals surface area contributed by atoms with Crippen molar-refractivity contribution in [2.45, 2.75) is 13.0 Å². The zero-order chi connectivity index (χ0) is 12.3. The fourth-order valence-electron chi connectivity index (χ4n) is 1.55. The van der Waals surface area contributed by atoms with E-state index in [2.05, 4.69) is 10.4 Å². The molecule has 3 N–H and O–H groups in total. The number of nitrogens with one attached hydrogen (secondary N) is 1. The summed E-state index contributed by atoms with van der Waals surface area (Å²) in [6.45, 7) is 2.41. The summed E-state index contributed by atoms with van der Waals surface area (Å²) in [5.74, 6) is 5.53. The molecule has 90 valence electrons. The Hall–Kier alpha value is -1.72. The topological polar surface area (TPSA) is 59.6 Å². The molecule has 1 aliphatic heterocycles. The Morgan fingerprint density at radius 1 is 1.47 bits per heavy atom. The Labute approximate surface area is 99.0 Å². The molecule has 0 saturated heterocycles. The van der Waals surface area contributed by atoms with Crippen LogP contribution < -0.4 is 16.0 Å². The van der Waals surface area contributed by atoms with E-state index in [4.69, 9.17) is 10.6 Å². The van der Waals surface area contributed by atoms with E-state index in [-0.39, 0.29) is 11.8 Å². The number of aliphatic imine (C=N–C) groups is 1. The average Bonchev–Trinajstić information content (AvgIpc) is 2.32. The minimum atomic E-state index is -0.402. The molecular weight excluding hydrogens is 221 g/mol. The predicted molar refractivity (Wildman–Crippen MR) is 64.2 cm³/mol. The van der Waals surface area contributed by atoms with Crippen molar-refractivity contribution in [3.05, 3.63) is 41.7 Å². The Balaban J connectivity index is 2.12. The van der Waals surface area contributed by atoms with Gasteiger partial charge in [0.15, 0.2) is 11.6 Å². The number of para-hydroxylation sites is 1. The maximum atomic E-state index is 13.4. The molecule has 0 aliphatic carbocycles. The molecule has 0 radical (unpaired) electrons. The fraction of sp³-hybridized carbons (Fsp3) is 0.250. The highest BCUT2D eigenvalue weighted by atomic mass is 19.1. The number of nitrogens with two attached hydrogens (primary N) is 1. The molecule has 1 unspecified atom stereocenters. The lowest BCUT2D eigenvalue weighted by Gasteiger charge is -2.19. The molecule has 0 bridgehead atoms. The molecule has 4 nitrogen and oxygen atoms in total. The number of halogens is 1. The molecule has 0 aromatic heterocycles. The summed E-state index contributed by atoms with van der Waals surface area (Å²) in [4.78, 5) is 4.18. The van der Waals surface area contributed by atoms with E-state index in [1.54, 1.807) is 24.3 Å². The Bertz CT molecular complexity index is 471. The third-order valence-electron chi connectivity index (χ3n) is 2.58. The van der Waals surface area contributed by atoms with Gasteiger partial charge in [0.05, 0.1) is 12.6 Å². The number of hydrogen-bond acceptors (Lipinski definition) is 4. The van der Waals surface area contributed by atoms with Crippen molar-refractivity contribution in [1.29, 1.82) is 0 Å². The number of nitrogens with zero attached hydrogens (tertiary/aromatic N) is 1. The van der Waals surface area contributed by atoms with E-state index in [1.165, 1.54) is 6.07 Å². The van der Waals surface area contributed by atoms with Crippen LogP contribution in [0.15, 0.2) is 40.9 Å². The van der Waals surface area contributed by atoms with Gasteiger partial charge in [0, 0.05) is 6.08 Å². The van der Waals surface area contributed by atoms with Crippen molar-refractivity contribution < 1.29 is 9.13 Å². The standard InChI is InChI=1S/C12H14FN3O/c1-8-6-12(15-7-10(8)16-14)17-11-5-3-2-4-9(11)13/h2-6,10,16H,7,14H2,1H3. The maximum absolute atomic E-state index is 13.4. The molecule has 1 aliphatic rings. The van der Waals surface area contributed by atoms with Crippen molar-refractivity contribution in [2.24, 2.45) is 10.8 Å². The van der Waals surface area contributed by atoms with Crippen LogP contribution in [-0.2, 0) is 0 Å². The van der Waals surface area contributed by atoms with Gasteiger partial charge in [0.2, 0.25) is 5.90 Å². The first-order chi connectivity index (χ1) is 8.20. The summed E-state index contributed by atoms with van der Waals surface area (Å²) >= 11 is 0. The summed E-state index contributed by atoms with van der Waals surface area (Å²) < 4.78 is 18.7. The first-order valence-electron chi connectivity index (χ1n) is 5.32. The van der Waals surface area contributed by atoms with Crippen molar-refractivity contribution >= 4 is 5.90 Å². The molecule has 0 spiro atoms. The minimum absolute atomic E-state index is 0.0166. The zero-order valence-electron chi connectivity index (χ0n) is 9.48. The molecule has 0 saturated carbocycles. The number of benzene rings is 1. The van der Waals surface area contributed by atoms with Gasteiger partial charge in [-0.2, -0.15) is 0 Å². The van der Waals surface area contributed by atoms with Gasteiger partial charge in [-0.05, 0) is 24.6 Å². The van der Waals surface area contributed by atoms with Crippen LogP contribution in [0.1, 0.15) is 6.92 Å². The molecule has 5 heteroatoms. The first kappa shape index (κ1) is 11.8. The minimum Gasteiger partial charge on any atom is -0.436 e. The summed E-state index contributed by atoms with van der Waals surface area (Å²) in [7, 11) is 0. The predicted octanol–water partition coefficient (Wildman–Crippen LogP) is 1.39. The van der Waals surface area contributed by atoms with Gasteiger partial charge in [-0.3, -0.25) is 11.3 Å². The molecule has 17 heavy (non-hydrogen) atoms. The van der Waals surface area contributed by atoms with Crippen molar-refractivity contribution in [3.63, 3.8) is 0 Å². The Kier molecular flexibility index (Phi) is 3.51. The normalized spacial score (nSPS) is 19.6. The van der Waals surface area contributed by atoms with Crippen LogP contribution >= 0.6 is 0 Å². The van der Waals surface area contributed by atoms with Crippen LogP contribution in [-0.4, -0.2) is 18.5 Å². The highest BCUT2D eigenvalue weighted by Gasteiger charge is 2.15. The molecule has 1 atom stereocenters. The van der Waals surface area contributed by atoms with E-state index in [9.17, 15) is 4.39 Å². The van der Waals surface area contributed by atoms with Crippen molar-refractivity contribution in [1.82, 2.24) is 5.43 Å². The lowest BCUT2D eigenvalue weighted by atomic mass is 10.1. The van der Waals surface area contributed by atoms with E-state index in [0.717, 1.165) is 5.57 Å². The van der Waals surface area contributed by atoms with E-state index >= 15 is 0 Å². The van der Waals surface area contributed by atoms with Crippen LogP contribution in [0.3, 0.4) is 0 Å². The van der Waals surface area contributed by atoms with Crippen molar-refractivity contribution in [2.75, 3.05) is 6.54 Å². The number of dihydropyridines is 1. The second-order valence-corrected chi connectivity index (χ2v) is 3.82. The third kappa shape index (κ3) is 2.69. The highest BCUT2D eigenvalue weighted by molar-refractivity contribution is 5.91. The summed E-state index contributed by atoms with van der Waals surface area (Å²) in [6, 6.07) is 6.25. The maximum Gasteiger partial charge on any atom is 0.214 e. The molecule has 0 fully saturated rings. The molecule has 1 heterocycles. The van der Waals surface area contributed by atoms with Gasteiger partial charge in [-0.15, -0.1) is 0 Å². The van der Waals surface area contributed by atoms with Gasteiger partial charge < -0.3 is 4.74 Å². The van der Waals surface area contributed by atoms with Crippen LogP contribution in [0.25, 0.3) is 0 Å². The van der Waals surface area contributed by atoms with E-state index in [0.29, 0.717) is 12.4 Å². The molecule has 1 aromatic rings. The summed E-state index contributed by atoms with van der Waals surface area (Å²) in [5, 5.41) is 0. The molecule has 1 aromatic carbocycles. The zero-order valence-corrected chi connectivity index (χ0v) is 9.48. The summed E-state index contributed by atoms with van der Waals surface area (Å²) in [5.41, 5.74) is 3.65. The van der Waals surface area contributed by atoms with Gasteiger partial charge in [0.1, 0.15) is 0 Å². The lowest BCUT2D eigenvalue weighted by molar-refractivity contribution is 0.483. The van der Waals surface area contributed by atoms with E-state index < -0.39 is 5.82 Å². The first-order valence-corrected chi connectivity index (χ1v) is 5.32. The third-order valence-corrected chi connectivity index (χ3v) is 2.58. The molecule has 0 amide bonds. The largest absolute Gasteiger partial charge is 0.436 e. The molecular formula is C12H14FN3O. The summed E-state index contributed by atoms with van der Waals surface area (Å²) in [6.07, 6.45) is 1.75. The van der Waals surface area contributed by atoms with E-state index in [1.807, 2.05) is 6.92 Å². The van der Waals surface area contributed by atoms with Gasteiger partial charge in [-0.25, -0.2) is 9.38 Å². The van der Waals surface area contributed by atoms with Crippen LogP contribution in [0.2, 0.25) is 0 Å². The van der Waals surface area contributed by atoms with Gasteiger partial charge >= 0.3 is 0 Å². The smallest absolute Gasteiger partial charge is 0.214 e.